The fourth-order valence-electron chi connectivity index (χ4n) is 4.66. The van der Waals surface area contributed by atoms with E-state index in [1.54, 1.807) is 4.90 Å². The number of fused-ring (bicyclic) bond motifs is 2. The van der Waals surface area contributed by atoms with Crippen molar-refractivity contribution in [3.05, 3.63) is 77.9 Å². The molecule has 0 radical (unpaired) electrons. The van der Waals surface area contributed by atoms with E-state index < -0.39 is 6.04 Å². The maximum absolute atomic E-state index is 13.0. The number of para-hydroxylation sites is 1. The number of benzene rings is 3. The van der Waals surface area contributed by atoms with Gasteiger partial charge in [-0.3, -0.25) is 14.4 Å². The monoisotopic (exact) mass is 486 g/mol. The van der Waals surface area contributed by atoms with Crippen molar-refractivity contribution in [2.45, 2.75) is 44.6 Å². The molecule has 1 aliphatic rings. The van der Waals surface area contributed by atoms with Crippen molar-refractivity contribution in [3.8, 4) is 0 Å². The summed E-state index contributed by atoms with van der Waals surface area (Å²) in [7, 11) is 0. The van der Waals surface area contributed by atoms with E-state index in [1.807, 2.05) is 60.7 Å². The summed E-state index contributed by atoms with van der Waals surface area (Å²) >= 11 is 0. The Labute approximate surface area is 212 Å². The largest absolute Gasteiger partial charge is 0.354 e. The van der Waals surface area contributed by atoms with Crippen LogP contribution in [0.15, 0.2) is 66.7 Å². The highest BCUT2D eigenvalue weighted by molar-refractivity contribution is 5.96. The van der Waals surface area contributed by atoms with Crippen LogP contribution in [0.4, 0.5) is 5.69 Å². The van der Waals surface area contributed by atoms with E-state index in [4.69, 9.17) is 5.73 Å². The summed E-state index contributed by atoms with van der Waals surface area (Å²) in [6.45, 7) is 1.21. The van der Waals surface area contributed by atoms with Crippen molar-refractivity contribution in [2.24, 2.45) is 5.73 Å². The van der Waals surface area contributed by atoms with Gasteiger partial charge in [-0.2, -0.15) is 0 Å². The first kappa shape index (κ1) is 25.4. The normalized spacial score (nSPS) is 14.1. The van der Waals surface area contributed by atoms with Crippen molar-refractivity contribution in [2.75, 3.05) is 24.5 Å². The summed E-state index contributed by atoms with van der Waals surface area (Å²) in [6, 6.07) is 21.2. The van der Waals surface area contributed by atoms with Crippen LogP contribution in [0.5, 0.6) is 0 Å². The van der Waals surface area contributed by atoms with E-state index >= 15 is 0 Å². The van der Waals surface area contributed by atoms with E-state index in [1.165, 1.54) is 0 Å². The van der Waals surface area contributed by atoms with E-state index in [-0.39, 0.29) is 30.7 Å². The molecule has 1 aliphatic heterocycles. The van der Waals surface area contributed by atoms with Crippen molar-refractivity contribution in [1.82, 2.24) is 10.6 Å². The highest BCUT2D eigenvalue weighted by Crippen LogP contribution is 2.27. The average molecular weight is 487 g/mol. The molecule has 1 heterocycles. The summed E-state index contributed by atoms with van der Waals surface area (Å²) in [5, 5.41) is 8.00. The standard InChI is InChI=1S/C29H34N4O3/c30-16-6-17-31-29(36)25(20-21-13-14-22-7-1-2-9-24(22)19-21)32-27(34)15-18-33-26-11-4-3-8-23(26)10-5-12-28(33)35/h1-4,7-9,11,13-14,19,25H,5-6,10,12,15-18,20,30H2,(H,31,36)(H,32,34). The smallest absolute Gasteiger partial charge is 0.242 e. The maximum atomic E-state index is 13.0. The van der Waals surface area contributed by atoms with Crippen LogP contribution >= 0.6 is 0 Å². The first-order valence-corrected chi connectivity index (χ1v) is 12.7. The summed E-state index contributed by atoms with van der Waals surface area (Å²) in [5.41, 5.74) is 8.52. The summed E-state index contributed by atoms with van der Waals surface area (Å²) < 4.78 is 0. The molecule has 1 atom stereocenters. The molecule has 7 nitrogen and oxygen atoms in total. The van der Waals surface area contributed by atoms with Crippen LogP contribution in [0.2, 0.25) is 0 Å². The van der Waals surface area contributed by atoms with E-state index in [9.17, 15) is 14.4 Å². The lowest BCUT2D eigenvalue weighted by Crippen LogP contribution is -2.49. The number of carbonyl (C=O) groups is 3. The van der Waals surface area contributed by atoms with Crippen molar-refractivity contribution >= 4 is 34.2 Å². The van der Waals surface area contributed by atoms with Gasteiger partial charge in [-0.05, 0) is 53.8 Å². The van der Waals surface area contributed by atoms with Crippen LogP contribution in [0.25, 0.3) is 10.8 Å². The highest BCUT2D eigenvalue weighted by atomic mass is 16.2. The zero-order chi connectivity index (χ0) is 25.3. The second-order valence-electron chi connectivity index (χ2n) is 9.22. The van der Waals surface area contributed by atoms with Crippen LogP contribution in [-0.4, -0.2) is 43.4 Å². The number of nitrogens with one attached hydrogen (secondary N) is 2. The Morgan fingerprint density at radius 2 is 1.75 bits per heavy atom. The molecule has 4 N–H and O–H groups in total. The summed E-state index contributed by atoms with van der Waals surface area (Å²) in [6.07, 6.45) is 3.26. The van der Waals surface area contributed by atoms with Gasteiger partial charge in [-0.15, -0.1) is 0 Å². The Morgan fingerprint density at radius 3 is 2.58 bits per heavy atom. The number of amides is 3. The second kappa shape index (κ2) is 12.3. The van der Waals surface area contributed by atoms with Gasteiger partial charge in [0.2, 0.25) is 17.7 Å². The van der Waals surface area contributed by atoms with Crippen molar-refractivity contribution in [3.63, 3.8) is 0 Å². The number of hydrogen-bond donors (Lipinski definition) is 3. The van der Waals surface area contributed by atoms with Gasteiger partial charge in [-0.1, -0.05) is 60.7 Å². The Bertz CT molecular complexity index is 1230. The van der Waals surface area contributed by atoms with Gasteiger partial charge >= 0.3 is 0 Å². The maximum Gasteiger partial charge on any atom is 0.242 e. The molecular weight excluding hydrogens is 452 g/mol. The van der Waals surface area contributed by atoms with Gasteiger partial charge in [-0.25, -0.2) is 0 Å². The lowest BCUT2D eigenvalue weighted by molar-refractivity contribution is -0.129. The summed E-state index contributed by atoms with van der Waals surface area (Å²) in [5.74, 6) is -0.467. The predicted molar refractivity (Wildman–Crippen MR) is 143 cm³/mol. The Kier molecular flexibility index (Phi) is 8.68. The predicted octanol–water partition coefficient (Wildman–Crippen LogP) is 3.09. The molecule has 0 saturated carbocycles. The molecule has 0 aliphatic carbocycles. The van der Waals surface area contributed by atoms with Gasteiger partial charge in [0.25, 0.3) is 0 Å². The third kappa shape index (κ3) is 6.49. The fraction of sp³-hybridized carbons (Fsp3) is 0.345. The van der Waals surface area contributed by atoms with Gasteiger partial charge < -0.3 is 21.3 Å². The molecule has 0 fully saturated rings. The number of hydrogen-bond acceptors (Lipinski definition) is 4. The number of nitrogens with two attached hydrogens (primary N) is 1. The SMILES string of the molecule is NCCCNC(=O)C(Cc1ccc2ccccc2c1)NC(=O)CCN1C(=O)CCCc2ccccc21. The molecule has 3 aromatic carbocycles. The Morgan fingerprint density at radius 1 is 0.972 bits per heavy atom. The van der Waals surface area contributed by atoms with Crippen LogP contribution in [0.3, 0.4) is 0 Å². The average Bonchev–Trinajstić information content (AvgIpc) is 3.05. The molecule has 4 rings (SSSR count). The molecule has 0 saturated heterocycles. The minimum absolute atomic E-state index is 0.0278. The molecule has 0 aromatic heterocycles. The van der Waals surface area contributed by atoms with Crippen LogP contribution in [0.1, 0.15) is 36.8 Å². The molecule has 7 heteroatoms. The molecule has 0 bridgehead atoms. The Hall–Kier alpha value is -3.71. The van der Waals surface area contributed by atoms with E-state index in [0.29, 0.717) is 32.4 Å². The quantitative estimate of drug-likeness (QED) is 0.383. The number of anilines is 1. The van der Waals surface area contributed by atoms with E-state index in [2.05, 4.69) is 16.7 Å². The fourth-order valence-corrected chi connectivity index (χ4v) is 4.66. The topological polar surface area (TPSA) is 105 Å². The molecule has 1 unspecified atom stereocenters. The molecule has 188 valence electrons. The third-order valence-corrected chi connectivity index (χ3v) is 6.57. The zero-order valence-corrected chi connectivity index (χ0v) is 20.5. The first-order chi connectivity index (χ1) is 17.5. The second-order valence-corrected chi connectivity index (χ2v) is 9.22. The van der Waals surface area contributed by atoms with Gasteiger partial charge in [0.15, 0.2) is 0 Å². The molecule has 3 amide bonds. The van der Waals surface area contributed by atoms with Crippen LogP contribution in [-0.2, 0) is 27.2 Å². The van der Waals surface area contributed by atoms with Gasteiger partial charge in [0, 0.05) is 38.0 Å². The van der Waals surface area contributed by atoms with Crippen molar-refractivity contribution in [1.29, 1.82) is 0 Å². The van der Waals surface area contributed by atoms with Gasteiger partial charge in [0.05, 0.1) is 0 Å². The Balaban J connectivity index is 1.44. The molecule has 3 aromatic rings. The number of aryl methyl sites for hydroxylation is 1. The molecular formula is C29H34N4O3. The third-order valence-electron chi connectivity index (χ3n) is 6.57. The molecule has 36 heavy (non-hydrogen) atoms. The van der Waals surface area contributed by atoms with Gasteiger partial charge in [0.1, 0.15) is 6.04 Å². The summed E-state index contributed by atoms with van der Waals surface area (Å²) in [4.78, 5) is 40.4. The number of nitrogens with zero attached hydrogens (tertiary/aromatic N) is 1. The van der Waals surface area contributed by atoms with Crippen LogP contribution < -0.4 is 21.3 Å². The minimum atomic E-state index is -0.719. The highest BCUT2D eigenvalue weighted by Gasteiger charge is 2.25. The number of rotatable bonds is 10. The molecule has 0 spiro atoms. The van der Waals surface area contributed by atoms with E-state index in [0.717, 1.165) is 40.4 Å². The van der Waals surface area contributed by atoms with Crippen LogP contribution in [0, 0.1) is 0 Å². The minimum Gasteiger partial charge on any atom is -0.354 e. The van der Waals surface area contributed by atoms with Crippen molar-refractivity contribution < 1.29 is 14.4 Å². The lowest BCUT2D eigenvalue weighted by atomic mass is 10.0. The zero-order valence-electron chi connectivity index (χ0n) is 20.5. The first-order valence-electron chi connectivity index (χ1n) is 12.7. The lowest BCUT2D eigenvalue weighted by Gasteiger charge is -2.24. The number of carbonyl (C=O) groups excluding carboxylic acids is 3.